The summed E-state index contributed by atoms with van der Waals surface area (Å²) in [6.07, 6.45) is 0. The number of hydrogen-bond donors (Lipinski definition) is 0. The lowest BCUT2D eigenvalue weighted by atomic mass is 10.1. The van der Waals surface area contributed by atoms with Crippen LogP contribution in [0.1, 0.15) is 5.56 Å². The van der Waals surface area contributed by atoms with Crippen molar-refractivity contribution in [2.45, 2.75) is 6.54 Å². The number of anilines is 1. The molecule has 24 heavy (non-hydrogen) atoms. The maximum Gasteiger partial charge on any atom is 0.127 e. The predicted molar refractivity (Wildman–Crippen MR) is 98.5 cm³/mol. The summed E-state index contributed by atoms with van der Waals surface area (Å²) in [5, 5.41) is 0.781. The van der Waals surface area contributed by atoms with Crippen molar-refractivity contribution in [2.75, 3.05) is 45.3 Å². The molecule has 0 unspecified atom stereocenters. The van der Waals surface area contributed by atoms with E-state index in [1.165, 1.54) is 11.3 Å². The molecule has 1 aliphatic rings. The summed E-state index contributed by atoms with van der Waals surface area (Å²) in [5.74, 6) is 1.71. The second kappa shape index (κ2) is 7.77. The molecule has 3 rings (SSSR count). The first-order chi connectivity index (χ1) is 11.7. The van der Waals surface area contributed by atoms with Crippen LogP contribution in [-0.2, 0) is 6.54 Å². The van der Waals surface area contributed by atoms with E-state index in [4.69, 9.17) is 21.1 Å². The Morgan fingerprint density at radius 3 is 2.25 bits per heavy atom. The minimum atomic E-state index is 0.781. The number of rotatable bonds is 5. The average Bonchev–Trinajstić information content (AvgIpc) is 2.63. The van der Waals surface area contributed by atoms with E-state index in [1.54, 1.807) is 14.2 Å². The fraction of sp³-hybridized carbons (Fsp3) is 0.368. The second-order valence-corrected chi connectivity index (χ2v) is 6.35. The highest BCUT2D eigenvalue weighted by atomic mass is 35.5. The molecule has 0 aliphatic carbocycles. The zero-order valence-electron chi connectivity index (χ0n) is 14.2. The summed E-state index contributed by atoms with van der Waals surface area (Å²) in [5.41, 5.74) is 2.43. The lowest BCUT2D eigenvalue weighted by molar-refractivity contribution is 0.246. The van der Waals surface area contributed by atoms with Crippen molar-refractivity contribution in [3.05, 3.63) is 53.1 Å². The van der Waals surface area contributed by atoms with Gasteiger partial charge in [0.1, 0.15) is 11.5 Å². The molecule has 4 nitrogen and oxygen atoms in total. The summed E-state index contributed by atoms with van der Waals surface area (Å²) in [7, 11) is 3.38. The van der Waals surface area contributed by atoms with Crippen molar-refractivity contribution in [3.8, 4) is 11.5 Å². The Balaban J connectivity index is 1.60. The van der Waals surface area contributed by atoms with Gasteiger partial charge in [0.05, 0.1) is 14.2 Å². The molecule has 0 aromatic heterocycles. The lowest BCUT2D eigenvalue weighted by Crippen LogP contribution is -2.46. The van der Waals surface area contributed by atoms with E-state index < -0.39 is 0 Å². The van der Waals surface area contributed by atoms with Crippen molar-refractivity contribution in [1.82, 2.24) is 4.90 Å². The van der Waals surface area contributed by atoms with Crippen molar-refractivity contribution < 1.29 is 9.47 Å². The number of benzene rings is 2. The molecule has 0 saturated carbocycles. The molecule has 128 valence electrons. The van der Waals surface area contributed by atoms with E-state index in [0.717, 1.165) is 49.2 Å². The topological polar surface area (TPSA) is 24.9 Å². The number of methoxy groups -OCH3 is 2. The molecular weight excluding hydrogens is 324 g/mol. The van der Waals surface area contributed by atoms with Gasteiger partial charge in [-0.25, -0.2) is 0 Å². The molecule has 0 amide bonds. The Bertz CT molecular complexity index is 668. The standard InChI is InChI=1S/C19H23ClN2O2/c1-23-18-8-3-15(19(13-18)24-2)14-21-9-11-22(12-10-21)17-6-4-16(20)5-7-17/h3-8,13H,9-12,14H2,1-2H3. The highest BCUT2D eigenvalue weighted by Gasteiger charge is 2.18. The van der Waals surface area contributed by atoms with Crippen LogP contribution >= 0.6 is 11.6 Å². The van der Waals surface area contributed by atoms with Crippen molar-refractivity contribution >= 4 is 17.3 Å². The molecular formula is C19H23ClN2O2. The molecule has 0 N–H and O–H groups in total. The fourth-order valence-electron chi connectivity index (χ4n) is 3.04. The summed E-state index contributed by atoms with van der Waals surface area (Å²) in [6.45, 7) is 4.97. The van der Waals surface area contributed by atoms with Gasteiger partial charge in [0.15, 0.2) is 0 Å². The summed E-state index contributed by atoms with van der Waals surface area (Å²) < 4.78 is 10.8. The Morgan fingerprint density at radius 1 is 0.917 bits per heavy atom. The molecule has 0 spiro atoms. The van der Waals surface area contributed by atoms with Gasteiger partial charge in [-0.15, -0.1) is 0 Å². The van der Waals surface area contributed by atoms with Gasteiger partial charge < -0.3 is 14.4 Å². The van der Waals surface area contributed by atoms with Gasteiger partial charge in [-0.05, 0) is 30.3 Å². The smallest absolute Gasteiger partial charge is 0.127 e. The SMILES string of the molecule is COc1ccc(CN2CCN(c3ccc(Cl)cc3)CC2)c(OC)c1. The van der Waals surface area contributed by atoms with Crippen LogP contribution in [0.15, 0.2) is 42.5 Å². The Morgan fingerprint density at radius 2 is 1.62 bits per heavy atom. The van der Waals surface area contributed by atoms with Gasteiger partial charge in [0.2, 0.25) is 0 Å². The molecule has 1 saturated heterocycles. The highest BCUT2D eigenvalue weighted by Crippen LogP contribution is 2.26. The lowest BCUT2D eigenvalue weighted by Gasteiger charge is -2.36. The number of ether oxygens (including phenoxy) is 2. The first-order valence-corrected chi connectivity index (χ1v) is 8.51. The molecule has 1 heterocycles. The van der Waals surface area contributed by atoms with Crippen molar-refractivity contribution in [1.29, 1.82) is 0 Å². The number of nitrogens with zero attached hydrogens (tertiary/aromatic N) is 2. The predicted octanol–water partition coefficient (Wildman–Crippen LogP) is 3.68. The number of hydrogen-bond acceptors (Lipinski definition) is 4. The van der Waals surface area contributed by atoms with E-state index in [-0.39, 0.29) is 0 Å². The van der Waals surface area contributed by atoms with Crippen LogP contribution in [0.2, 0.25) is 5.02 Å². The zero-order valence-corrected chi connectivity index (χ0v) is 14.9. The second-order valence-electron chi connectivity index (χ2n) is 5.92. The monoisotopic (exact) mass is 346 g/mol. The normalized spacial score (nSPS) is 15.4. The third kappa shape index (κ3) is 3.94. The minimum Gasteiger partial charge on any atom is -0.497 e. The number of piperazine rings is 1. The van der Waals surface area contributed by atoms with Gasteiger partial charge in [-0.1, -0.05) is 17.7 Å². The molecule has 2 aromatic carbocycles. The molecule has 0 atom stereocenters. The van der Waals surface area contributed by atoms with Gasteiger partial charge in [0.25, 0.3) is 0 Å². The van der Waals surface area contributed by atoms with Gasteiger partial charge in [0, 0.05) is 55.1 Å². The van der Waals surface area contributed by atoms with Crippen LogP contribution in [0.5, 0.6) is 11.5 Å². The van der Waals surface area contributed by atoms with Crippen molar-refractivity contribution in [3.63, 3.8) is 0 Å². The molecule has 0 bridgehead atoms. The van der Waals surface area contributed by atoms with Gasteiger partial charge >= 0.3 is 0 Å². The van der Waals surface area contributed by atoms with Crippen LogP contribution in [0, 0.1) is 0 Å². The Kier molecular flexibility index (Phi) is 5.48. The average molecular weight is 347 g/mol. The largest absolute Gasteiger partial charge is 0.497 e. The molecule has 1 aliphatic heterocycles. The quantitative estimate of drug-likeness (QED) is 0.824. The van der Waals surface area contributed by atoms with Crippen molar-refractivity contribution in [2.24, 2.45) is 0 Å². The van der Waals surface area contributed by atoms with Crippen LogP contribution in [0.25, 0.3) is 0 Å². The maximum atomic E-state index is 5.97. The summed E-state index contributed by atoms with van der Waals surface area (Å²) >= 11 is 5.97. The van der Waals surface area contributed by atoms with Crippen LogP contribution in [0.3, 0.4) is 0 Å². The van der Waals surface area contributed by atoms with E-state index in [0.29, 0.717) is 0 Å². The first kappa shape index (κ1) is 16.9. The first-order valence-electron chi connectivity index (χ1n) is 8.13. The van der Waals surface area contributed by atoms with Gasteiger partial charge in [-0.2, -0.15) is 0 Å². The van der Waals surface area contributed by atoms with Crippen LogP contribution < -0.4 is 14.4 Å². The highest BCUT2D eigenvalue weighted by molar-refractivity contribution is 6.30. The molecule has 1 fully saturated rings. The Hall–Kier alpha value is -1.91. The maximum absolute atomic E-state index is 5.97. The summed E-state index contributed by atoms with van der Waals surface area (Å²) in [4.78, 5) is 4.86. The number of halogens is 1. The Labute approximate surface area is 148 Å². The zero-order chi connectivity index (χ0) is 16.9. The van der Waals surface area contributed by atoms with Crippen LogP contribution in [-0.4, -0.2) is 45.3 Å². The van der Waals surface area contributed by atoms with E-state index >= 15 is 0 Å². The van der Waals surface area contributed by atoms with E-state index in [1.807, 2.05) is 24.3 Å². The third-order valence-electron chi connectivity index (χ3n) is 4.45. The third-order valence-corrected chi connectivity index (χ3v) is 4.70. The van der Waals surface area contributed by atoms with Gasteiger partial charge in [-0.3, -0.25) is 4.90 Å². The van der Waals surface area contributed by atoms with Crippen LogP contribution in [0.4, 0.5) is 5.69 Å². The van der Waals surface area contributed by atoms with E-state index in [9.17, 15) is 0 Å². The molecule has 0 radical (unpaired) electrons. The van der Waals surface area contributed by atoms with E-state index in [2.05, 4.69) is 28.0 Å². The summed E-state index contributed by atoms with van der Waals surface area (Å²) in [6, 6.07) is 14.1. The minimum absolute atomic E-state index is 0.781. The molecule has 2 aromatic rings. The molecule has 5 heteroatoms. The fourth-order valence-corrected chi connectivity index (χ4v) is 3.17.